The first-order valence-electron chi connectivity index (χ1n) is 5.78. The molecule has 10 heteroatoms. The van der Waals surface area contributed by atoms with Crippen molar-refractivity contribution in [3.05, 3.63) is 21.0 Å². The second-order valence-electron chi connectivity index (χ2n) is 3.99. The third-order valence-corrected chi connectivity index (χ3v) is 3.79. The van der Waals surface area contributed by atoms with E-state index in [1.807, 2.05) is 0 Å². The van der Waals surface area contributed by atoms with Crippen molar-refractivity contribution >= 4 is 31.6 Å². The van der Waals surface area contributed by atoms with E-state index in [0.717, 1.165) is 6.26 Å². The maximum atomic E-state index is 11.9. The van der Waals surface area contributed by atoms with Gasteiger partial charge in [0.15, 0.2) is 0 Å². The Kier molecular flexibility index (Phi) is 6.59. The molecule has 0 atom stereocenters. The molecule has 0 amide bonds. The number of aromatic nitrogens is 2. The van der Waals surface area contributed by atoms with Gasteiger partial charge in [0.05, 0.1) is 31.3 Å². The van der Waals surface area contributed by atoms with Crippen LogP contribution >= 0.6 is 15.9 Å². The molecule has 1 heterocycles. The fourth-order valence-electron chi connectivity index (χ4n) is 1.36. The van der Waals surface area contributed by atoms with Gasteiger partial charge in [-0.2, -0.15) is 5.10 Å². The minimum atomic E-state index is -3.21. The standard InChI is InChI=1S/C10H17BrN4O4S/c1-19-6-5-15-10(16)9(11)8(7-13-15)12-3-4-14-20(2,17)18/h7,12,14H,3-6H2,1-2H3. The van der Waals surface area contributed by atoms with Gasteiger partial charge in [-0.15, -0.1) is 0 Å². The van der Waals surface area contributed by atoms with Crippen molar-refractivity contribution in [3.8, 4) is 0 Å². The number of anilines is 1. The summed E-state index contributed by atoms with van der Waals surface area (Å²) in [5.41, 5.74) is 0.238. The van der Waals surface area contributed by atoms with Crippen molar-refractivity contribution in [2.75, 3.05) is 38.4 Å². The maximum absolute atomic E-state index is 11.9. The van der Waals surface area contributed by atoms with Gasteiger partial charge < -0.3 is 10.1 Å². The van der Waals surface area contributed by atoms with E-state index in [-0.39, 0.29) is 12.1 Å². The van der Waals surface area contributed by atoms with Crippen molar-refractivity contribution in [1.82, 2.24) is 14.5 Å². The summed E-state index contributed by atoms with van der Waals surface area (Å²) in [6.07, 6.45) is 2.59. The molecule has 20 heavy (non-hydrogen) atoms. The maximum Gasteiger partial charge on any atom is 0.283 e. The van der Waals surface area contributed by atoms with E-state index in [1.54, 1.807) is 7.11 Å². The summed E-state index contributed by atoms with van der Waals surface area (Å²) >= 11 is 3.20. The van der Waals surface area contributed by atoms with E-state index < -0.39 is 10.0 Å². The van der Waals surface area contributed by atoms with Crippen LogP contribution in [0.15, 0.2) is 15.5 Å². The molecular formula is C10H17BrN4O4S. The predicted molar refractivity (Wildman–Crippen MR) is 79.4 cm³/mol. The average molecular weight is 369 g/mol. The molecule has 1 aromatic rings. The third kappa shape index (κ3) is 5.57. The molecule has 1 rings (SSSR count). The molecule has 8 nitrogen and oxygen atoms in total. The molecule has 114 valence electrons. The summed E-state index contributed by atoms with van der Waals surface area (Å²) in [4.78, 5) is 11.9. The van der Waals surface area contributed by atoms with Crippen LogP contribution in [0.25, 0.3) is 0 Å². The van der Waals surface area contributed by atoms with Crippen molar-refractivity contribution in [3.63, 3.8) is 0 Å². The summed E-state index contributed by atoms with van der Waals surface area (Å²) in [7, 11) is -1.66. The monoisotopic (exact) mass is 368 g/mol. The van der Waals surface area contributed by atoms with E-state index in [1.165, 1.54) is 10.9 Å². The Morgan fingerprint density at radius 3 is 2.75 bits per heavy atom. The topological polar surface area (TPSA) is 102 Å². The minimum absolute atomic E-state index is 0.220. The molecule has 0 bridgehead atoms. The number of rotatable bonds is 8. The molecule has 0 spiro atoms. The number of hydrogen-bond acceptors (Lipinski definition) is 6. The molecule has 0 aliphatic heterocycles. The zero-order chi connectivity index (χ0) is 15.2. The molecule has 0 aromatic carbocycles. The summed E-state index contributed by atoms with van der Waals surface area (Å²) < 4.78 is 30.6. The number of nitrogens with zero attached hydrogens (tertiary/aromatic N) is 2. The highest BCUT2D eigenvalue weighted by molar-refractivity contribution is 9.10. The van der Waals surface area contributed by atoms with Gasteiger partial charge in [-0.1, -0.05) is 0 Å². The van der Waals surface area contributed by atoms with Crippen molar-refractivity contribution in [2.24, 2.45) is 0 Å². The Balaban J connectivity index is 2.64. The Labute approximate surface area is 125 Å². The van der Waals surface area contributed by atoms with Gasteiger partial charge in [0.1, 0.15) is 4.47 Å². The quantitative estimate of drug-likeness (QED) is 0.606. The molecular weight excluding hydrogens is 352 g/mol. The smallest absolute Gasteiger partial charge is 0.283 e. The average Bonchev–Trinajstić information content (AvgIpc) is 2.37. The fraction of sp³-hybridized carbons (Fsp3) is 0.600. The highest BCUT2D eigenvalue weighted by atomic mass is 79.9. The van der Waals surface area contributed by atoms with Crippen molar-refractivity contribution in [1.29, 1.82) is 0 Å². The number of nitrogens with one attached hydrogen (secondary N) is 2. The Hall–Kier alpha value is -0.970. The lowest BCUT2D eigenvalue weighted by atomic mass is 10.4. The first-order valence-corrected chi connectivity index (χ1v) is 8.46. The Morgan fingerprint density at radius 1 is 1.45 bits per heavy atom. The fourth-order valence-corrected chi connectivity index (χ4v) is 2.28. The normalized spacial score (nSPS) is 11.6. The van der Waals surface area contributed by atoms with Crippen LogP contribution in [0.2, 0.25) is 0 Å². The van der Waals surface area contributed by atoms with E-state index in [9.17, 15) is 13.2 Å². The number of hydrogen-bond donors (Lipinski definition) is 2. The number of methoxy groups -OCH3 is 1. The highest BCUT2D eigenvalue weighted by Crippen LogP contribution is 2.15. The predicted octanol–water partition coefficient (Wildman–Crippen LogP) is -0.387. The van der Waals surface area contributed by atoms with Crippen LogP contribution in [0.4, 0.5) is 5.69 Å². The zero-order valence-electron chi connectivity index (χ0n) is 11.2. The molecule has 0 saturated carbocycles. The van der Waals surface area contributed by atoms with Crippen molar-refractivity contribution < 1.29 is 13.2 Å². The van der Waals surface area contributed by atoms with E-state index in [2.05, 4.69) is 31.1 Å². The van der Waals surface area contributed by atoms with Gasteiger partial charge in [-0.3, -0.25) is 4.79 Å². The number of ether oxygens (including phenoxy) is 1. The van der Waals surface area contributed by atoms with Crippen LogP contribution in [0.3, 0.4) is 0 Å². The second kappa shape index (κ2) is 7.72. The van der Waals surface area contributed by atoms with E-state index in [4.69, 9.17) is 4.74 Å². The van der Waals surface area contributed by atoms with Gasteiger partial charge >= 0.3 is 0 Å². The van der Waals surface area contributed by atoms with Crippen LogP contribution in [0.1, 0.15) is 0 Å². The summed E-state index contributed by atoms with van der Waals surface area (Å²) in [6.45, 7) is 1.32. The lowest BCUT2D eigenvalue weighted by molar-refractivity contribution is 0.181. The van der Waals surface area contributed by atoms with Crippen LogP contribution in [-0.4, -0.2) is 51.3 Å². The number of sulfonamides is 1. The first-order chi connectivity index (χ1) is 9.35. The third-order valence-electron chi connectivity index (χ3n) is 2.30. The largest absolute Gasteiger partial charge is 0.383 e. The molecule has 0 saturated heterocycles. The molecule has 0 aliphatic carbocycles. The Morgan fingerprint density at radius 2 is 2.15 bits per heavy atom. The second-order valence-corrected chi connectivity index (χ2v) is 6.61. The van der Waals surface area contributed by atoms with Gasteiger partial charge in [0.25, 0.3) is 5.56 Å². The van der Waals surface area contributed by atoms with E-state index >= 15 is 0 Å². The highest BCUT2D eigenvalue weighted by Gasteiger charge is 2.08. The molecule has 2 N–H and O–H groups in total. The summed E-state index contributed by atoms with van der Waals surface area (Å²) in [5, 5.41) is 6.93. The minimum Gasteiger partial charge on any atom is -0.383 e. The summed E-state index contributed by atoms with van der Waals surface area (Å²) in [6, 6.07) is 0. The van der Waals surface area contributed by atoms with Crippen LogP contribution < -0.4 is 15.6 Å². The lowest BCUT2D eigenvalue weighted by Crippen LogP contribution is -2.29. The van der Waals surface area contributed by atoms with Gasteiger partial charge in [-0.25, -0.2) is 17.8 Å². The SMILES string of the molecule is COCCn1ncc(NCCNS(C)(=O)=O)c(Br)c1=O. The Bertz CT molecular complexity index is 602. The summed E-state index contributed by atoms with van der Waals surface area (Å²) in [5.74, 6) is 0. The number of halogens is 1. The molecule has 0 aliphatic rings. The van der Waals surface area contributed by atoms with E-state index in [0.29, 0.717) is 29.9 Å². The van der Waals surface area contributed by atoms with Crippen LogP contribution in [-0.2, 0) is 21.3 Å². The molecule has 1 aromatic heterocycles. The van der Waals surface area contributed by atoms with Crippen molar-refractivity contribution in [2.45, 2.75) is 6.54 Å². The van der Waals surface area contributed by atoms with Crippen LogP contribution in [0.5, 0.6) is 0 Å². The van der Waals surface area contributed by atoms with Gasteiger partial charge in [0, 0.05) is 20.2 Å². The van der Waals surface area contributed by atoms with Gasteiger partial charge in [0.2, 0.25) is 10.0 Å². The lowest BCUT2D eigenvalue weighted by Gasteiger charge is -2.10. The van der Waals surface area contributed by atoms with Gasteiger partial charge in [-0.05, 0) is 15.9 Å². The molecule has 0 fully saturated rings. The molecule has 0 unspecified atom stereocenters. The first kappa shape index (κ1) is 17.1. The van der Waals surface area contributed by atoms with Crippen LogP contribution in [0, 0.1) is 0 Å². The molecule has 0 radical (unpaired) electrons. The zero-order valence-corrected chi connectivity index (χ0v) is 13.6.